The monoisotopic (exact) mass is 196 g/mol. The summed E-state index contributed by atoms with van der Waals surface area (Å²) < 4.78 is 10.3. The Morgan fingerprint density at radius 3 is 3.00 bits per heavy atom. The molecule has 0 saturated heterocycles. The summed E-state index contributed by atoms with van der Waals surface area (Å²) in [5.74, 6) is 0.794. The Morgan fingerprint density at radius 2 is 2.29 bits per heavy atom. The molecule has 2 unspecified atom stereocenters. The van der Waals surface area contributed by atoms with Crippen molar-refractivity contribution < 1.29 is 19.7 Å². The van der Waals surface area contributed by atoms with Crippen LogP contribution in [0.3, 0.4) is 0 Å². The van der Waals surface area contributed by atoms with E-state index in [0.717, 1.165) is 5.56 Å². The average molecular weight is 196 g/mol. The van der Waals surface area contributed by atoms with Gasteiger partial charge in [-0.15, -0.1) is 0 Å². The molecule has 0 spiro atoms. The summed E-state index contributed by atoms with van der Waals surface area (Å²) in [6, 6.07) is 4.78. The summed E-state index contributed by atoms with van der Waals surface area (Å²) in [5.41, 5.74) is 0.849. The van der Waals surface area contributed by atoms with Gasteiger partial charge in [0.2, 0.25) is 6.29 Å². The minimum Gasteiger partial charge on any atom is -0.508 e. The lowest BCUT2D eigenvalue weighted by Crippen LogP contribution is -2.38. The van der Waals surface area contributed by atoms with Gasteiger partial charge in [-0.05, 0) is 18.2 Å². The molecule has 1 heterocycles. The van der Waals surface area contributed by atoms with Crippen LogP contribution < -0.4 is 4.74 Å². The predicted molar refractivity (Wildman–Crippen MR) is 49.2 cm³/mol. The summed E-state index contributed by atoms with van der Waals surface area (Å²) in [5, 5.41) is 18.7. The Bertz CT molecular complexity index is 337. The van der Waals surface area contributed by atoms with Crippen LogP contribution in [-0.4, -0.2) is 29.7 Å². The molecule has 0 bridgehead atoms. The zero-order valence-corrected chi connectivity index (χ0v) is 7.80. The molecule has 2 rings (SSSR count). The molecule has 1 aliphatic heterocycles. The second-order valence-corrected chi connectivity index (χ2v) is 3.28. The number of rotatable bonds is 1. The van der Waals surface area contributed by atoms with Crippen molar-refractivity contribution in [2.45, 2.75) is 18.8 Å². The van der Waals surface area contributed by atoms with Crippen LogP contribution >= 0.6 is 0 Å². The van der Waals surface area contributed by atoms with Crippen molar-refractivity contribution in [2.75, 3.05) is 7.11 Å². The highest BCUT2D eigenvalue weighted by atomic mass is 16.6. The number of aliphatic hydroxyl groups excluding tert-OH is 1. The first-order chi connectivity index (χ1) is 6.70. The number of hydrogen-bond donors (Lipinski definition) is 2. The highest BCUT2D eigenvalue weighted by Crippen LogP contribution is 2.30. The van der Waals surface area contributed by atoms with Gasteiger partial charge >= 0.3 is 0 Å². The Labute approximate surface area is 81.7 Å². The molecule has 0 aliphatic carbocycles. The van der Waals surface area contributed by atoms with Gasteiger partial charge in [-0.1, -0.05) is 0 Å². The van der Waals surface area contributed by atoms with Gasteiger partial charge in [-0.25, -0.2) is 0 Å². The van der Waals surface area contributed by atoms with Crippen molar-refractivity contribution >= 4 is 0 Å². The maximum Gasteiger partial charge on any atom is 0.224 e. The second kappa shape index (κ2) is 3.48. The van der Waals surface area contributed by atoms with Crippen LogP contribution in [-0.2, 0) is 11.2 Å². The fourth-order valence-corrected chi connectivity index (χ4v) is 1.56. The summed E-state index contributed by atoms with van der Waals surface area (Å²) in [7, 11) is 1.52. The average Bonchev–Trinajstić information content (AvgIpc) is 2.17. The van der Waals surface area contributed by atoms with Gasteiger partial charge < -0.3 is 19.7 Å². The van der Waals surface area contributed by atoms with Gasteiger partial charge in [0.05, 0.1) is 0 Å². The van der Waals surface area contributed by atoms with E-state index in [-0.39, 0.29) is 11.9 Å². The number of aromatic hydroxyl groups is 1. The minimum absolute atomic E-state index is 0.193. The van der Waals surface area contributed by atoms with E-state index in [1.54, 1.807) is 12.1 Å². The first-order valence-electron chi connectivity index (χ1n) is 4.40. The number of methoxy groups -OCH3 is 1. The van der Waals surface area contributed by atoms with Crippen molar-refractivity contribution in [1.29, 1.82) is 0 Å². The molecule has 76 valence electrons. The normalized spacial score (nSPS) is 25.3. The molecule has 4 nitrogen and oxygen atoms in total. The maximum absolute atomic E-state index is 9.48. The number of phenols is 1. The topological polar surface area (TPSA) is 58.9 Å². The maximum atomic E-state index is 9.48. The molecule has 0 saturated carbocycles. The summed E-state index contributed by atoms with van der Waals surface area (Å²) in [4.78, 5) is 0. The molecule has 2 N–H and O–H groups in total. The Balaban J connectivity index is 2.31. The van der Waals surface area contributed by atoms with E-state index in [0.29, 0.717) is 12.2 Å². The zero-order valence-electron chi connectivity index (χ0n) is 7.80. The number of fused-ring (bicyclic) bond motifs is 1. The molecule has 14 heavy (non-hydrogen) atoms. The molecule has 0 fully saturated rings. The molecule has 4 heteroatoms. The molecule has 0 amide bonds. The third kappa shape index (κ3) is 1.54. The highest BCUT2D eigenvalue weighted by Gasteiger charge is 2.28. The molecule has 2 atom stereocenters. The van der Waals surface area contributed by atoms with Gasteiger partial charge in [0.25, 0.3) is 0 Å². The predicted octanol–water partition coefficient (Wildman–Crippen LogP) is 0.660. The lowest BCUT2D eigenvalue weighted by Gasteiger charge is -2.28. The lowest BCUT2D eigenvalue weighted by atomic mass is 10.0. The van der Waals surface area contributed by atoms with E-state index in [4.69, 9.17) is 9.47 Å². The summed E-state index contributed by atoms with van der Waals surface area (Å²) in [6.07, 6.45) is -0.761. The van der Waals surface area contributed by atoms with Crippen LogP contribution in [0.25, 0.3) is 0 Å². The number of phenolic OH excluding ortho intramolecular Hbond substituents is 1. The molecular formula is C10H12O4. The van der Waals surface area contributed by atoms with Crippen molar-refractivity contribution in [1.82, 2.24) is 0 Å². The van der Waals surface area contributed by atoms with Crippen LogP contribution in [0.5, 0.6) is 11.5 Å². The number of benzene rings is 1. The van der Waals surface area contributed by atoms with Crippen molar-refractivity contribution in [2.24, 2.45) is 0 Å². The fraction of sp³-hybridized carbons (Fsp3) is 0.400. The largest absolute Gasteiger partial charge is 0.508 e. The van der Waals surface area contributed by atoms with Crippen molar-refractivity contribution in [3.63, 3.8) is 0 Å². The Hall–Kier alpha value is -1.26. The summed E-state index contributed by atoms with van der Waals surface area (Å²) >= 11 is 0. The Morgan fingerprint density at radius 1 is 1.50 bits per heavy atom. The first-order valence-corrected chi connectivity index (χ1v) is 4.40. The first kappa shape index (κ1) is 9.30. The van der Waals surface area contributed by atoms with E-state index >= 15 is 0 Å². The molecule has 1 aromatic carbocycles. The lowest BCUT2D eigenvalue weighted by molar-refractivity contribution is -0.126. The van der Waals surface area contributed by atoms with Crippen LogP contribution in [0, 0.1) is 0 Å². The number of ether oxygens (including phenoxy) is 2. The smallest absolute Gasteiger partial charge is 0.224 e. The van der Waals surface area contributed by atoms with Crippen LogP contribution in [0.15, 0.2) is 18.2 Å². The highest BCUT2D eigenvalue weighted by molar-refractivity contribution is 5.41. The SMILES string of the molecule is COC1Cc2cc(O)ccc2OC1O. The molecule has 0 radical (unpaired) electrons. The Kier molecular flexibility index (Phi) is 2.31. The molecule has 1 aromatic rings. The van der Waals surface area contributed by atoms with Gasteiger partial charge in [-0.3, -0.25) is 0 Å². The van der Waals surface area contributed by atoms with E-state index in [1.165, 1.54) is 13.2 Å². The quantitative estimate of drug-likeness (QED) is 0.692. The van der Waals surface area contributed by atoms with Gasteiger partial charge in [0, 0.05) is 19.1 Å². The van der Waals surface area contributed by atoms with E-state index in [2.05, 4.69) is 0 Å². The second-order valence-electron chi connectivity index (χ2n) is 3.28. The van der Waals surface area contributed by atoms with Gasteiger partial charge in [0.1, 0.15) is 17.6 Å². The minimum atomic E-state index is -0.933. The molecule has 0 aromatic heterocycles. The molecular weight excluding hydrogens is 184 g/mol. The molecule has 1 aliphatic rings. The zero-order chi connectivity index (χ0) is 10.1. The van der Waals surface area contributed by atoms with Crippen molar-refractivity contribution in [3.8, 4) is 11.5 Å². The number of aliphatic hydroxyl groups is 1. The summed E-state index contributed by atoms with van der Waals surface area (Å²) in [6.45, 7) is 0. The fourth-order valence-electron chi connectivity index (χ4n) is 1.56. The van der Waals surface area contributed by atoms with E-state index < -0.39 is 6.29 Å². The van der Waals surface area contributed by atoms with Crippen LogP contribution in [0.2, 0.25) is 0 Å². The van der Waals surface area contributed by atoms with Crippen LogP contribution in [0.4, 0.5) is 0 Å². The van der Waals surface area contributed by atoms with Crippen molar-refractivity contribution in [3.05, 3.63) is 23.8 Å². The van der Waals surface area contributed by atoms with E-state index in [9.17, 15) is 10.2 Å². The third-order valence-corrected chi connectivity index (χ3v) is 2.33. The van der Waals surface area contributed by atoms with Gasteiger partial charge in [0.15, 0.2) is 0 Å². The van der Waals surface area contributed by atoms with Gasteiger partial charge in [-0.2, -0.15) is 0 Å². The number of hydrogen-bond acceptors (Lipinski definition) is 4. The third-order valence-electron chi connectivity index (χ3n) is 2.33. The standard InChI is InChI=1S/C10H12O4/c1-13-9-5-6-4-7(11)2-3-8(6)14-10(9)12/h2-4,9-12H,5H2,1H3. The van der Waals surface area contributed by atoms with Crippen LogP contribution in [0.1, 0.15) is 5.56 Å². The van der Waals surface area contributed by atoms with E-state index in [1.807, 2.05) is 0 Å².